The summed E-state index contributed by atoms with van der Waals surface area (Å²) in [6.07, 6.45) is 3.27. The second-order valence-electron chi connectivity index (χ2n) is 7.02. The zero-order valence-corrected chi connectivity index (χ0v) is 15.9. The SMILES string of the molecule is Cn1c(=O)c(=O)n(C2CCN(Cc3cccc(Cl)c3)CC2)c2ncccc21. The number of aryl methyl sites for hydroxylation is 1. The highest BCUT2D eigenvalue weighted by molar-refractivity contribution is 6.30. The largest absolute Gasteiger partial charge is 0.318 e. The fraction of sp³-hybridized carbons (Fsp3) is 0.350. The predicted molar refractivity (Wildman–Crippen MR) is 106 cm³/mol. The maximum Gasteiger partial charge on any atom is 0.318 e. The molecule has 3 aromatic rings. The Labute approximate surface area is 161 Å². The van der Waals surface area contributed by atoms with Crippen LogP contribution in [0.4, 0.5) is 0 Å². The number of hydrogen-bond donors (Lipinski definition) is 0. The molecule has 6 nitrogen and oxygen atoms in total. The van der Waals surface area contributed by atoms with E-state index in [1.165, 1.54) is 10.1 Å². The lowest BCUT2D eigenvalue weighted by atomic mass is 10.0. The van der Waals surface area contributed by atoms with Crippen molar-refractivity contribution in [2.45, 2.75) is 25.4 Å². The van der Waals surface area contributed by atoms with Gasteiger partial charge in [-0.25, -0.2) is 4.98 Å². The molecule has 0 bridgehead atoms. The Morgan fingerprint density at radius 1 is 1.11 bits per heavy atom. The van der Waals surface area contributed by atoms with Crippen molar-refractivity contribution in [3.8, 4) is 0 Å². The first-order chi connectivity index (χ1) is 13.0. The minimum Gasteiger partial charge on any atom is -0.304 e. The van der Waals surface area contributed by atoms with Crippen LogP contribution in [0.2, 0.25) is 5.02 Å². The van der Waals surface area contributed by atoms with Gasteiger partial charge in [0.1, 0.15) is 0 Å². The highest BCUT2D eigenvalue weighted by atomic mass is 35.5. The molecule has 1 aliphatic heterocycles. The molecule has 0 radical (unpaired) electrons. The second-order valence-corrected chi connectivity index (χ2v) is 7.46. The normalized spacial score (nSPS) is 16.1. The van der Waals surface area contributed by atoms with Crippen LogP contribution in [0.1, 0.15) is 24.4 Å². The van der Waals surface area contributed by atoms with Gasteiger partial charge in [0, 0.05) is 43.9 Å². The van der Waals surface area contributed by atoms with Crippen LogP contribution < -0.4 is 11.1 Å². The van der Waals surface area contributed by atoms with Crippen LogP contribution in [-0.2, 0) is 13.6 Å². The average Bonchev–Trinajstić information content (AvgIpc) is 2.68. The molecule has 0 N–H and O–H groups in total. The third-order valence-corrected chi connectivity index (χ3v) is 5.51. The Morgan fingerprint density at radius 3 is 2.63 bits per heavy atom. The molecular weight excluding hydrogens is 364 g/mol. The number of benzene rings is 1. The first-order valence-corrected chi connectivity index (χ1v) is 9.45. The maximum atomic E-state index is 12.7. The van der Waals surface area contributed by atoms with Gasteiger partial charge in [-0.15, -0.1) is 0 Å². The van der Waals surface area contributed by atoms with Crippen molar-refractivity contribution in [2.24, 2.45) is 7.05 Å². The lowest BCUT2D eigenvalue weighted by molar-refractivity contribution is 0.179. The fourth-order valence-corrected chi connectivity index (χ4v) is 4.07. The van der Waals surface area contributed by atoms with Crippen LogP contribution in [0.15, 0.2) is 52.2 Å². The number of piperidine rings is 1. The van der Waals surface area contributed by atoms with E-state index in [-0.39, 0.29) is 6.04 Å². The molecule has 0 aliphatic carbocycles. The zero-order valence-electron chi connectivity index (χ0n) is 15.1. The van der Waals surface area contributed by atoms with Crippen LogP contribution in [-0.4, -0.2) is 32.1 Å². The smallest absolute Gasteiger partial charge is 0.304 e. The summed E-state index contributed by atoms with van der Waals surface area (Å²) in [6, 6.07) is 11.5. The lowest BCUT2D eigenvalue weighted by Gasteiger charge is -2.33. The van der Waals surface area contributed by atoms with Crippen molar-refractivity contribution < 1.29 is 0 Å². The molecule has 0 atom stereocenters. The molecule has 1 saturated heterocycles. The maximum absolute atomic E-state index is 12.7. The molecule has 0 unspecified atom stereocenters. The van der Waals surface area contributed by atoms with Crippen molar-refractivity contribution in [2.75, 3.05) is 13.1 Å². The topological polar surface area (TPSA) is 60.1 Å². The molecule has 1 aliphatic rings. The van der Waals surface area contributed by atoms with Gasteiger partial charge in [-0.1, -0.05) is 23.7 Å². The van der Waals surface area contributed by atoms with E-state index in [0.717, 1.165) is 37.5 Å². The number of fused-ring (bicyclic) bond motifs is 1. The van der Waals surface area contributed by atoms with Gasteiger partial charge < -0.3 is 4.57 Å². The molecule has 2 aromatic heterocycles. The van der Waals surface area contributed by atoms with E-state index in [1.807, 2.05) is 24.3 Å². The molecule has 0 amide bonds. The first kappa shape index (κ1) is 17.9. The monoisotopic (exact) mass is 384 g/mol. The van der Waals surface area contributed by atoms with Crippen molar-refractivity contribution >= 4 is 22.8 Å². The number of halogens is 1. The van der Waals surface area contributed by atoms with Crippen LogP contribution in [0.25, 0.3) is 11.2 Å². The summed E-state index contributed by atoms with van der Waals surface area (Å²) < 4.78 is 2.99. The molecular formula is C20H21ClN4O2. The summed E-state index contributed by atoms with van der Waals surface area (Å²) in [7, 11) is 1.62. The van der Waals surface area contributed by atoms with E-state index >= 15 is 0 Å². The van der Waals surface area contributed by atoms with Gasteiger partial charge in [-0.2, -0.15) is 0 Å². The minimum atomic E-state index is -0.503. The predicted octanol–water partition coefficient (Wildman–Crippen LogP) is 2.59. The van der Waals surface area contributed by atoms with E-state index in [9.17, 15) is 9.59 Å². The van der Waals surface area contributed by atoms with Gasteiger partial charge in [-0.05, 0) is 42.7 Å². The Balaban J connectivity index is 1.58. The number of rotatable bonds is 3. The van der Waals surface area contributed by atoms with Gasteiger partial charge in [0.15, 0.2) is 5.65 Å². The molecule has 1 aromatic carbocycles. The highest BCUT2D eigenvalue weighted by Gasteiger charge is 2.24. The van der Waals surface area contributed by atoms with E-state index < -0.39 is 11.1 Å². The number of hydrogen-bond acceptors (Lipinski definition) is 4. The summed E-state index contributed by atoms with van der Waals surface area (Å²) >= 11 is 6.07. The van der Waals surface area contributed by atoms with Crippen molar-refractivity contribution in [1.29, 1.82) is 0 Å². The van der Waals surface area contributed by atoms with Crippen molar-refractivity contribution in [3.63, 3.8) is 0 Å². The second kappa shape index (κ2) is 7.29. The van der Waals surface area contributed by atoms with Crippen molar-refractivity contribution in [3.05, 3.63) is 73.9 Å². The lowest BCUT2D eigenvalue weighted by Crippen LogP contribution is -2.45. The number of aromatic nitrogens is 3. The Morgan fingerprint density at radius 2 is 1.89 bits per heavy atom. The molecule has 7 heteroatoms. The quantitative estimate of drug-likeness (QED) is 0.651. The molecule has 140 valence electrons. The summed E-state index contributed by atoms with van der Waals surface area (Å²) in [5.41, 5.74) is 1.45. The van der Waals surface area contributed by atoms with E-state index in [4.69, 9.17) is 11.6 Å². The Kier molecular flexibility index (Phi) is 4.85. The molecule has 27 heavy (non-hydrogen) atoms. The fourth-order valence-electron chi connectivity index (χ4n) is 3.86. The third-order valence-electron chi connectivity index (χ3n) is 5.28. The summed E-state index contributed by atoms with van der Waals surface area (Å²) in [5.74, 6) is 0. The van der Waals surface area contributed by atoms with Crippen LogP contribution in [0, 0.1) is 0 Å². The Hall–Kier alpha value is -2.44. The number of likely N-dealkylation sites (tertiary alicyclic amines) is 1. The first-order valence-electron chi connectivity index (χ1n) is 9.07. The van der Waals surface area contributed by atoms with E-state index in [1.54, 1.807) is 23.9 Å². The van der Waals surface area contributed by atoms with Crippen LogP contribution >= 0.6 is 11.6 Å². The minimum absolute atomic E-state index is 0.0144. The standard InChI is InChI=1S/C20H21ClN4O2/c1-23-17-6-3-9-22-18(17)25(20(27)19(23)26)16-7-10-24(11-8-16)13-14-4-2-5-15(21)12-14/h2-6,9,12,16H,7-8,10-11,13H2,1H3. The van der Waals surface area contributed by atoms with E-state index in [2.05, 4.69) is 16.0 Å². The van der Waals surface area contributed by atoms with Gasteiger partial charge in [0.05, 0.1) is 5.52 Å². The molecule has 0 saturated carbocycles. The van der Waals surface area contributed by atoms with Crippen LogP contribution in [0.5, 0.6) is 0 Å². The summed E-state index contributed by atoms with van der Waals surface area (Å²) in [4.78, 5) is 31.8. The highest BCUT2D eigenvalue weighted by Crippen LogP contribution is 2.25. The molecule has 3 heterocycles. The van der Waals surface area contributed by atoms with Crippen molar-refractivity contribution in [1.82, 2.24) is 19.0 Å². The van der Waals surface area contributed by atoms with Gasteiger partial charge in [0.2, 0.25) is 0 Å². The van der Waals surface area contributed by atoms with Gasteiger partial charge >= 0.3 is 11.1 Å². The average molecular weight is 385 g/mol. The summed E-state index contributed by atoms with van der Waals surface area (Å²) in [6.45, 7) is 2.54. The zero-order chi connectivity index (χ0) is 19.0. The summed E-state index contributed by atoms with van der Waals surface area (Å²) in [5, 5.41) is 0.742. The number of nitrogens with zero attached hydrogens (tertiary/aromatic N) is 4. The third kappa shape index (κ3) is 3.42. The molecule has 1 fully saturated rings. The van der Waals surface area contributed by atoms with Gasteiger partial charge in [-0.3, -0.25) is 19.1 Å². The number of pyridine rings is 1. The van der Waals surface area contributed by atoms with Gasteiger partial charge in [0.25, 0.3) is 0 Å². The molecule has 4 rings (SSSR count). The van der Waals surface area contributed by atoms with Crippen LogP contribution in [0.3, 0.4) is 0 Å². The molecule has 0 spiro atoms. The van der Waals surface area contributed by atoms with E-state index in [0.29, 0.717) is 11.2 Å². The Bertz CT molecular complexity index is 1100.